The summed E-state index contributed by atoms with van der Waals surface area (Å²) in [5.74, 6) is 0.333. The van der Waals surface area contributed by atoms with E-state index in [4.69, 9.17) is 10.5 Å². The lowest BCUT2D eigenvalue weighted by Gasteiger charge is -2.16. The monoisotopic (exact) mass is 275 g/mol. The van der Waals surface area contributed by atoms with Gasteiger partial charge in [-0.1, -0.05) is 30.3 Å². The Bertz CT molecular complexity index is 550. The van der Waals surface area contributed by atoms with E-state index in [2.05, 4.69) is 20.3 Å². The molecule has 106 valence electrons. The van der Waals surface area contributed by atoms with E-state index in [1.54, 1.807) is 0 Å². The van der Waals surface area contributed by atoms with Crippen LogP contribution in [0.1, 0.15) is 18.5 Å². The summed E-state index contributed by atoms with van der Waals surface area (Å²) in [6.45, 7) is 2.16. The van der Waals surface area contributed by atoms with Gasteiger partial charge in [0.15, 0.2) is 0 Å². The molecule has 0 spiro atoms. The van der Waals surface area contributed by atoms with Crippen molar-refractivity contribution in [3.8, 4) is 6.01 Å². The summed E-state index contributed by atoms with van der Waals surface area (Å²) in [6, 6.07) is 9.34. The predicted molar refractivity (Wildman–Crippen MR) is 75.3 cm³/mol. The Labute approximate surface area is 116 Å². The molecule has 0 aliphatic carbocycles. The van der Waals surface area contributed by atoms with Gasteiger partial charge in [0.05, 0.1) is 19.3 Å². The van der Waals surface area contributed by atoms with Gasteiger partial charge in [0.25, 0.3) is 0 Å². The van der Waals surface area contributed by atoms with Crippen LogP contribution in [0.5, 0.6) is 6.01 Å². The number of aromatic nitrogens is 3. The minimum atomic E-state index is -0.326. The number of aliphatic hydroxyl groups excluding tert-OH is 1. The third kappa shape index (κ3) is 3.55. The molecular weight excluding hydrogens is 258 g/mol. The summed E-state index contributed by atoms with van der Waals surface area (Å²) in [5.41, 5.74) is 6.52. The first-order valence-electron chi connectivity index (χ1n) is 6.29. The molecule has 1 unspecified atom stereocenters. The van der Waals surface area contributed by atoms with E-state index in [0.29, 0.717) is 6.61 Å². The van der Waals surface area contributed by atoms with Crippen molar-refractivity contribution >= 4 is 11.9 Å². The van der Waals surface area contributed by atoms with Gasteiger partial charge in [0.1, 0.15) is 0 Å². The van der Waals surface area contributed by atoms with Gasteiger partial charge in [0, 0.05) is 0 Å². The number of rotatable bonds is 6. The van der Waals surface area contributed by atoms with Crippen LogP contribution >= 0.6 is 0 Å². The lowest BCUT2D eigenvalue weighted by Crippen LogP contribution is -2.17. The number of nitrogens with two attached hydrogens (primary N) is 1. The number of aliphatic hydroxyl groups is 1. The molecule has 0 aliphatic rings. The smallest absolute Gasteiger partial charge is 0.323 e. The van der Waals surface area contributed by atoms with Crippen molar-refractivity contribution in [1.29, 1.82) is 0 Å². The maximum Gasteiger partial charge on any atom is 0.323 e. The van der Waals surface area contributed by atoms with Gasteiger partial charge in [-0.2, -0.15) is 15.0 Å². The SMILES string of the molecule is CCOc1nc(N)nc(NC(CO)c2ccccc2)n1. The molecule has 2 aromatic rings. The van der Waals surface area contributed by atoms with Crippen molar-refractivity contribution < 1.29 is 9.84 Å². The molecule has 0 aliphatic heterocycles. The van der Waals surface area contributed by atoms with Gasteiger partial charge < -0.3 is 20.9 Å². The van der Waals surface area contributed by atoms with Crippen molar-refractivity contribution in [3.05, 3.63) is 35.9 Å². The number of nitrogens with one attached hydrogen (secondary N) is 1. The predicted octanol–water partition coefficient (Wildman–Crippen LogP) is 0.998. The minimum Gasteiger partial charge on any atom is -0.464 e. The molecule has 1 atom stereocenters. The molecule has 2 rings (SSSR count). The number of anilines is 2. The fraction of sp³-hybridized carbons (Fsp3) is 0.308. The average Bonchev–Trinajstić information content (AvgIpc) is 2.45. The Hall–Kier alpha value is -2.41. The zero-order chi connectivity index (χ0) is 14.4. The zero-order valence-electron chi connectivity index (χ0n) is 11.2. The molecule has 1 heterocycles. The summed E-state index contributed by atoms with van der Waals surface area (Å²) in [4.78, 5) is 11.9. The molecule has 0 bridgehead atoms. The van der Waals surface area contributed by atoms with Crippen LogP contribution in [0.15, 0.2) is 30.3 Å². The molecule has 7 heteroatoms. The molecule has 20 heavy (non-hydrogen) atoms. The summed E-state index contributed by atoms with van der Waals surface area (Å²) in [5, 5.41) is 12.5. The number of nitrogen functional groups attached to an aromatic ring is 1. The highest BCUT2D eigenvalue weighted by molar-refractivity contribution is 5.36. The highest BCUT2D eigenvalue weighted by Gasteiger charge is 2.13. The highest BCUT2D eigenvalue weighted by Crippen LogP contribution is 2.18. The minimum absolute atomic E-state index is 0.0655. The number of benzene rings is 1. The van der Waals surface area contributed by atoms with Crippen molar-refractivity contribution in [2.45, 2.75) is 13.0 Å². The van der Waals surface area contributed by atoms with E-state index in [1.165, 1.54) is 0 Å². The fourth-order valence-electron chi connectivity index (χ4n) is 1.71. The molecule has 0 saturated heterocycles. The second kappa shape index (κ2) is 6.67. The quantitative estimate of drug-likeness (QED) is 0.722. The fourth-order valence-corrected chi connectivity index (χ4v) is 1.71. The van der Waals surface area contributed by atoms with Gasteiger partial charge in [-0.3, -0.25) is 0 Å². The largest absolute Gasteiger partial charge is 0.464 e. The van der Waals surface area contributed by atoms with E-state index < -0.39 is 0 Å². The van der Waals surface area contributed by atoms with Crippen LogP contribution < -0.4 is 15.8 Å². The van der Waals surface area contributed by atoms with Crippen LogP contribution in [0, 0.1) is 0 Å². The lowest BCUT2D eigenvalue weighted by molar-refractivity contribution is 0.275. The van der Waals surface area contributed by atoms with Crippen LogP contribution in [0.25, 0.3) is 0 Å². The standard InChI is InChI=1S/C13H17N5O2/c1-2-20-13-17-11(14)16-12(18-13)15-10(8-19)9-6-4-3-5-7-9/h3-7,10,19H,2,8H2,1H3,(H3,14,15,16,17,18). The molecule has 0 amide bonds. The number of nitrogens with zero attached hydrogens (tertiary/aromatic N) is 3. The molecule has 7 nitrogen and oxygen atoms in total. The van der Waals surface area contributed by atoms with E-state index in [0.717, 1.165) is 5.56 Å². The van der Waals surface area contributed by atoms with Gasteiger partial charge >= 0.3 is 6.01 Å². The first kappa shape index (κ1) is 14.0. The molecular formula is C13H17N5O2. The van der Waals surface area contributed by atoms with Crippen molar-refractivity contribution in [2.24, 2.45) is 0 Å². The van der Waals surface area contributed by atoms with Crippen molar-refractivity contribution in [1.82, 2.24) is 15.0 Å². The van der Waals surface area contributed by atoms with Crippen LogP contribution in [0.4, 0.5) is 11.9 Å². The second-order valence-corrected chi connectivity index (χ2v) is 4.02. The van der Waals surface area contributed by atoms with E-state index in [9.17, 15) is 5.11 Å². The lowest BCUT2D eigenvalue weighted by atomic mass is 10.1. The summed E-state index contributed by atoms with van der Waals surface area (Å²) in [7, 11) is 0. The highest BCUT2D eigenvalue weighted by atomic mass is 16.5. The maximum atomic E-state index is 9.49. The van der Waals surface area contributed by atoms with Gasteiger partial charge in [0.2, 0.25) is 11.9 Å². The number of hydrogen-bond donors (Lipinski definition) is 3. The third-order valence-corrected chi connectivity index (χ3v) is 2.59. The molecule has 0 fully saturated rings. The van der Waals surface area contributed by atoms with Crippen LogP contribution in [0.3, 0.4) is 0 Å². The van der Waals surface area contributed by atoms with Gasteiger partial charge in [-0.15, -0.1) is 0 Å². The molecule has 0 radical (unpaired) electrons. The summed E-state index contributed by atoms with van der Waals surface area (Å²) in [6.07, 6.45) is 0. The number of hydrogen-bond acceptors (Lipinski definition) is 7. The Morgan fingerprint density at radius 3 is 2.65 bits per heavy atom. The first-order chi connectivity index (χ1) is 9.72. The number of ether oxygens (including phenoxy) is 1. The van der Waals surface area contributed by atoms with Gasteiger partial charge in [-0.05, 0) is 12.5 Å². The Morgan fingerprint density at radius 2 is 2.00 bits per heavy atom. The van der Waals surface area contributed by atoms with Crippen molar-refractivity contribution in [3.63, 3.8) is 0 Å². The van der Waals surface area contributed by atoms with Crippen molar-refractivity contribution in [2.75, 3.05) is 24.3 Å². The molecule has 1 aromatic carbocycles. The van der Waals surface area contributed by atoms with Crippen LogP contribution in [-0.2, 0) is 0 Å². The Kier molecular flexibility index (Phi) is 4.67. The summed E-state index contributed by atoms with van der Waals surface area (Å²) < 4.78 is 5.20. The molecule has 1 aromatic heterocycles. The molecule has 4 N–H and O–H groups in total. The van der Waals surface area contributed by atoms with E-state index in [-0.39, 0.29) is 30.6 Å². The third-order valence-electron chi connectivity index (χ3n) is 2.59. The zero-order valence-corrected chi connectivity index (χ0v) is 11.2. The topological polar surface area (TPSA) is 106 Å². The van der Waals surface area contributed by atoms with E-state index >= 15 is 0 Å². The van der Waals surface area contributed by atoms with Gasteiger partial charge in [-0.25, -0.2) is 0 Å². The summed E-state index contributed by atoms with van der Waals surface area (Å²) >= 11 is 0. The normalized spacial score (nSPS) is 11.9. The second-order valence-electron chi connectivity index (χ2n) is 4.02. The Balaban J connectivity index is 2.19. The first-order valence-corrected chi connectivity index (χ1v) is 6.29. The average molecular weight is 275 g/mol. The molecule has 0 saturated carbocycles. The Morgan fingerprint density at radius 1 is 1.25 bits per heavy atom. The van der Waals surface area contributed by atoms with Crippen LogP contribution in [0.2, 0.25) is 0 Å². The maximum absolute atomic E-state index is 9.49. The van der Waals surface area contributed by atoms with E-state index in [1.807, 2.05) is 37.3 Å². The van der Waals surface area contributed by atoms with Crippen LogP contribution in [-0.4, -0.2) is 33.3 Å².